The van der Waals surface area contributed by atoms with Gasteiger partial charge in [0.05, 0.1) is 34.1 Å². The molecule has 0 aromatic heterocycles. The zero-order valence-electron chi connectivity index (χ0n) is 53.0. The summed E-state index contributed by atoms with van der Waals surface area (Å²) in [6, 6.07) is 102. The van der Waals surface area contributed by atoms with Crippen LogP contribution in [0.5, 0.6) is 0 Å². The van der Waals surface area contributed by atoms with Crippen LogP contribution in [0.15, 0.2) is 302 Å². The van der Waals surface area contributed by atoms with Crippen LogP contribution in [0.4, 0.5) is 68.2 Å². The highest BCUT2D eigenvalue weighted by molar-refractivity contribution is 8.00. The van der Waals surface area contributed by atoms with Crippen LogP contribution in [-0.2, 0) is 16.2 Å². The number of benzene rings is 12. The van der Waals surface area contributed by atoms with Gasteiger partial charge in [-0.3, -0.25) is 0 Å². The second kappa shape index (κ2) is 23.0. The largest absolute Gasteiger partial charge is 0.311 e. The van der Waals surface area contributed by atoms with E-state index in [1.807, 2.05) is 35.3 Å². The van der Waals surface area contributed by atoms with Crippen LogP contribution < -0.4 is 19.6 Å². The summed E-state index contributed by atoms with van der Waals surface area (Å²) < 4.78 is 0. The highest BCUT2D eigenvalue weighted by Gasteiger charge is 2.30. The average Bonchev–Trinajstić information content (AvgIpc) is 0.983. The van der Waals surface area contributed by atoms with Crippen molar-refractivity contribution in [2.45, 2.75) is 108 Å². The summed E-state index contributed by atoms with van der Waals surface area (Å²) in [5.74, 6) is 0. The number of hydrogen-bond donors (Lipinski definition) is 0. The molecular weight excluding hydrogens is 1160 g/mol. The molecule has 0 radical (unpaired) electrons. The standard InChI is InChI=1S/C84H72N4S3/c1-82(2,3)61-31-43-67(44-32-61)86-70-16-10-13-19-76(70)89-79-52-58(28-49-73(79)86)55-22-37-64(38-23-55)85(65-39-24-56(25-40-65)59-29-50-74-80(53-59)90-77-20-14-11-17-71(77)87(74)68-45-33-62(34-46-68)83(4,5)6)66-41-26-57(27-42-66)60-30-51-75-81(54-60)91-78-21-15-12-18-72(78)88(75)69-47-35-63(36-48-69)84(7,8)9/h10-54H,1-9H3. The Morgan fingerprint density at radius 2 is 0.462 bits per heavy atom. The van der Waals surface area contributed by atoms with E-state index in [1.165, 1.54) is 114 Å². The Morgan fingerprint density at radius 1 is 0.231 bits per heavy atom. The van der Waals surface area contributed by atoms with Crippen molar-refractivity contribution in [3.8, 4) is 33.4 Å². The maximum atomic E-state index is 2.42. The lowest BCUT2D eigenvalue weighted by Crippen LogP contribution is -2.16. The second-order valence-electron chi connectivity index (χ2n) is 27.1. The summed E-state index contributed by atoms with van der Waals surface area (Å²) in [5, 5.41) is 0. The van der Waals surface area contributed by atoms with Crippen molar-refractivity contribution in [3.05, 3.63) is 290 Å². The van der Waals surface area contributed by atoms with Gasteiger partial charge < -0.3 is 19.6 Å². The fourth-order valence-electron chi connectivity index (χ4n) is 12.8. The topological polar surface area (TPSA) is 13.0 Å². The molecule has 12 aromatic carbocycles. The molecule has 3 aliphatic heterocycles. The first-order chi connectivity index (χ1) is 44.0. The van der Waals surface area contributed by atoms with Crippen LogP contribution in [0.1, 0.15) is 79.0 Å². The minimum absolute atomic E-state index is 0.0749. The monoisotopic (exact) mass is 1230 g/mol. The van der Waals surface area contributed by atoms with Gasteiger partial charge in [0.15, 0.2) is 0 Å². The van der Waals surface area contributed by atoms with Crippen molar-refractivity contribution in [2.24, 2.45) is 0 Å². The minimum Gasteiger partial charge on any atom is -0.311 e. The van der Waals surface area contributed by atoms with Gasteiger partial charge in [-0.25, -0.2) is 0 Å². The maximum absolute atomic E-state index is 2.42. The van der Waals surface area contributed by atoms with Crippen LogP contribution >= 0.6 is 35.3 Å². The molecule has 7 heteroatoms. The summed E-state index contributed by atoms with van der Waals surface area (Å²) in [5.41, 5.74) is 25.2. The molecule has 0 amide bonds. The van der Waals surface area contributed by atoms with Gasteiger partial charge in [-0.05, 0) is 212 Å². The molecule has 15 rings (SSSR count). The van der Waals surface area contributed by atoms with E-state index in [9.17, 15) is 0 Å². The second-order valence-corrected chi connectivity index (χ2v) is 30.4. The van der Waals surface area contributed by atoms with Gasteiger partial charge in [-0.15, -0.1) is 0 Å². The SMILES string of the molecule is CC(C)(C)c1ccc(N2c3ccccc3Sc3cc(-c4ccc(N(c5ccc(-c6ccc7c(c6)Sc6ccccc6N7c6ccc(C(C)(C)C)cc6)cc5)c5ccc(-c6ccc7c(c6)Sc6ccccc6N7c6ccc(C(C)(C)C)cc6)cc5)cc4)ccc32)cc1. The van der Waals surface area contributed by atoms with Gasteiger partial charge in [0.2, 0.25) is 0 Å². The fourth-order valence-corrected chi connectivity index (χ4v) is 16.1. The first-order valence-corrected chi connectivity index (χ1v) is 34.0. The summed E-state index contributed by atoms with van der Waals surface area (Å²) in [6.07, 6.45) is 0. The lowest BCUT2D eigenvalue weighted by atomic mass is 9.87. The molecule has 0 unspecified atom stereocenters. The van der Waals surface area contributed by atoms with Crippen molar-refractivity contribution >= 4 is 104 Å². The molecule has 0 saturated heterocycles. The van der Waals surface area contributed by atoms with Crippen LogP contribution in [0.3, 0.4) is 0 Å². The third kappa shape index (κ3) is 11.1. The predicted molar refractivity (Wildman–Crippen MR) is 390 cm³/mol. The van der Waals surface area contributed by atoms with Crippen LogP contribution in [-0.4, -0.2) is 0 Å². The van der Waals surface area contributed by atoms with E-state index in [-0.39, 0.29) is 16.2 Å². The van der Waals surface area contributed by atoms with E-state index < -0.39 is 0 Å². The molecule has 4 nitrogen and oxygen atoms in total. The van der Waals surface area contributed by atoms with E-state index in [0.29, 0.717) is 0 Å². The number of nitrogens with zero attached hydrogens (tertiary/aromatic N) is 4. The number of rotatable bonds is 9. The van der Waals surface area contributed by atoms with Gasteiger partial charge in [0.25, 0.3) is 0 Å². The van der Waals surface area contributed by atoms with E-state index in [2.05, 4.69) is 355 Å². The lowest BCUT2D eigenvalue weighted by molar-refractivity contribution is 0.590. The number of anilines is 12. The summed E-state index contributed by atoms with van der Waals surface area (Å²) >= 11 is 5.55. The van der Waals surface area contributed by atoms with Gasteiger partial charge in [-0.2, -0.15) is 0 Å². The smallest absolute Gasteiger partial charge is 0.0602 e. The zero-order chi connectivity index (χ0) is 62.3. The molecule has 446 valence electrons. The molecule has 12 aromatic rings. The molecular formula is C84H72N4S3. The van der Waals surface area contributed by atoms with Gasteiger partial charge >= 0.3 is 0 Å². The van der Waals surface area contributed by atoms with Gasteiger partial charge in [-0.1, -0.05) is 225 Å². The van der Waals surface area contributed by atoms with Crippen molar-refractivity contribution < 1.29 is 0 Å². The van der Waals surface area contributed by atoms with Crippen molar-refractivity contribution in [2.75, 3.05) is 19.6 Å². The van der Waals surface area contributed by atoms with Crippen LogP contribution in [0, 0.1) is 0 Å². The van der Waals surface area contributed by atoms with Gasteiger partial charge in [0, 0.05) is 63.5 Å². The zero-order valence-corrected chi connectivity index (χ0v) is 55.4. The highest BCUT2D eigenvalue weighted by atomic mass is 32.2. The molecule has 0 spiro atoms. The molecule has 0 fully saturated rings. The Hall–Kier alpha value is -9.11. The van der Waals surface area contributed by atoms with Crippen molar-refractivity contribution in [1.29, 1.82) is 0 Å². The molecule has 0 N–H and O–H groups in total. The van der Waals surface area contributed by atoms with E-state index >= 15 is 0 Å². The highest BCUT2D eigenvalue weighted by Crippen LogP contribution is 2.56. The first-order valence-electron chi connectivity index (χ1n) is 31.5. The summed E-state index contributed by atoms with van der Waals surface area (Å²) in [4.78, 5) is 17.1. The third-order valence-electron chi connectivity index (χ3n) is 17.9. The quantitative estimate of drug-likeness (QED) is 0.141. The minimum atomic E-state index is 0.0749. The maximum Gasteiger partial charge on any atom is 0.0602 e. The Labute approximate surface area is 550 Å². The number of para-hydroxylation sites is 3. The summed E-state index contributed by atoms with van der Waals surface area (Å²) in [6.45, 7) is 20.5. The number of hydrogen-bond acceptors (Lipinski definition) is 7. The third-order valence-corrected chi connectivity index (χ3v) is 21.3. The van der Waals surface area contributed by atoms with Crippen molar-refractivity contribution in [3.63, 3.8) is 0 Å². The number of fused-ring (bicyclic) bond motifs is 6. The van der Waals surface area contributed by atoms with Crippen LogP contribution in [0.25, 0.3) is 33.4 Å². The summed E-state index contributed by atoms with van der Waals surface area (Å²) in [7, 11) is 0. The fraction of sp³-hybridized carbons (Fsp3) is 0.143. The molecule has 0 aliphatic carbocycles. The molecule has 3 heterocycles. The molecule has 3 aliphatic rings. The average molecular weight is 1230 g/mol. The predicted octanol–water partition coefficient (Wildman–Crippen LogP) is 25.9. The Bertz CT molecular complexity index is 4230. The molecule has 91 heavy (non-hydrogen) atoms. The Balaban J connectivity index is 0.767. The van der Waals surface area contributed by atoms with E-state index in [1.54, 1.807) is 0 Å². The first kappa shape index (κ1) is 58.3. The van der Waals surface area contributed by atoms with E-state index in [0.717, 1.165) is 34.1 Å². The Kier molecular flexibility index (Phi) is 14.7. The molecule has 0 bridgehead atoms. The van der Waals surface area contributed by atoms with Crippen LogP contribution in [0.2, 0.25) is 0 Å². The van der Waals surface area contributed by atoms with Crippen molar-refractivity contribution in [1.82, 2.24) is 0 Å². The van der Waals surface area contributed by atoms with Gasteiger partial charge in [0.1, 0.15) is 0 Å². The Morgan fingerprint density at radius 3 is 0.714 bits per heavy atom. The normalized spacial score (nSPS) is 13.4. The molecule has 0 saturated carbocycles. The molecule has 0 atom stereocenters. The lowest BCUT2D eigenvalue weighted by Gasteiger charge is -2.33. The van der Waals surface area contributed by atoms with E-state index in [4.69, 9.17) is 0 Å².